The van der Waals surface area contributed by atoms with Gasteiger partial charge in [0.1, 0.15) is 11.6 Å². The Hall–Kier alpha value is -4.44. The van der Waals surface area contributed by atoms with Crippen molar-refractivity contribution in [3.05, 3.63) is 115 Å². The molecule has 0 aliphatic rings. The molecular weight excluding hydrogens is 418 g/mol. The molecule has 0 saturated carbocycles. The average molecular weight is 442 g/mol. The van der Waals surface area contributed by atoms with E-state index in [1.54, 1.807) is 6.20 Å². The molecule has 0 amide bonds. The number of pyridine rings is 2. The van der Waals surface area contributed by atoms with E-state index in [2.05, 4.69) is 83.2 Å². The van der Waals surface area contributed by atoms with Crippen molar-refractivity contribution in [3.63, 3.8) is 0 Å². The fraction of sp³-hybridized carbons (Fsp3) is 0.0667. The van der Waals surface area contributed by atoms with Crippen LogP contribution in [0.15, 0.2) is 109 Å². The fourth-order valence-corrected chi connectivity index (χ4v) is 4.47. The fourth-order valence-electron chi connectivity index (χ4n) is 4.47. The number of rotatable bonds is 5. The molecule has 0 fully saturated rings. The lowest BCUT2D eigenvalue weighted by Gasteiger charge is -2.10. The molecule has 0 atom stereocenters. The molecule has 0 saturated heterocycles. The largest absolute Gasteiger partial charge is 0.439 e. The minimum atomic E-state index is 0.581. The van der Waals surface area contributed by atoms with Gasteiger partial charge in [0.05, 0.1) is 11.0 Å². The second-order valence-electron chi connectivity index (χ2n) is 8.26. The predicted molar refractivity (Wildman–Crippen MR) is 138 cm³/mol. The lowest BCUT2D eigenvalue weighted by Crippen LogP contribution is -1.98. The highest BCUT2D eigenvalue weighted by Crippen LogP contribution is 2.35. The zero-order chi connectivity index (χ0) is 22.9. The maximum atomic E-state index is 5.97. The van der Waals surface area contributed by atoms with Crippen molar-refractivity contribution >= 4 is 21.8 Å². The van der Waals surface area contributed by atoms with Crippen LogP contribution >= 0.6 is 0 Å². The average Bonchev–Trinajstić information content (AvgIpc) is 3.23. The van der Waals surface area contributed by atoms with Crippen molar-refractivity contribution in [1.82, 2.24) is 14.5 Å². The molecule has 4 nitrogen and oxygen atoms in total. The van der Waals surface area contributed by atoms with Crippen LogP contribution in [0.4, 0.5) is 0 Å². The Labute approximate surface area is 198 Å². The number of para-hydroxylation sites is 1. The number of aryl methyl sites for hydroxylation is 1. The summed E-state index contributed by atoms with van der Waals surface area (Å²) in [6, 6.07) is 33.2. The number of nitrogens with zero attached hydrogens (tertiary/aromatic N) is 3. The summed E-state index contributed by atoms with van der Waals surface area (Å²) in [6.45, 7) is 2.17. The molecule has 0 aliphatic heterocycles. The van der Waals surface area contributed by atoms with Crippen molar-refractivity contribution < 1.29 is 4.74 Å². The third kappa shape index (κ3) is 3.59. The van der Waals surface area contributed by atoms with Crippen LogP contribution in [0.1, 0.15) is 12.5 Å². The van der Waals surface area contributed by atoms with Crippen LogP contribution in [0, 0.1) is 0 Å². The molecule has 0 unspecified atom stereocenters. The lowest BCUT2D eigenvalue weighted by atomic mass is 10.0. The van der Waals surface area contributed by atoms with Crippen LogP contribution in [0.25, 0.3) is 38.8 Å². The van der Waals surface area contributed by atoms with E-state index in [4.69, 9.17) is 9.72 Å². The van der Waals surface area contributed by atoms with E-state index in [1.165, 1.54) is 16.3 Å². The van der Waals surface area contributed by atoms with Crippen LogP contribution < -0.4 is 4.74 Å². The molecule has 34 heavy (non-hydrogen) atoms. The van der Waals surface area contributed by atoms with Crippen LogP contribution in [0.5, 0.6) is 11.6 Å². The van der Waals surface area contributed by atoms with Gasteiger partial charge in [-0.05, 0) is 65.6 Å². The number of fused-ring (bicyclic) bond motifs is 3. The van der Waals surface area contributed by atoms with Crippen molar-refractivity contribution in [2.45, 2.75) is 13.3 Å². The van der Waals surface area contributed by atoms with Gasteiger partial charge < -0.3 is 4.74 Å². The van der Waals surface area contributed by atoms with Crippen LogP contribution in [0.3, 0.4) is 0 Å². The lowest BCUT2D eigenvalue weighted by molar-refractivity contribution is 0.463. The van der Waals surface area contributed by atoms with E-state index in [0.29, 0.717) is 5.88 Å². The van der Waals surface area contributed by atoms with Gasteiger partial charge in [0.15, 0.2) is 0 Å². The molecule has 0 aliphatic carbocycles. The molecule has 3 heterocycles. The summed E-state index contributed by atoms with van der Waals surface area (Å²) in [5.41, 5.74) is 5.77. The van der Waals surface area contributed by atoms with Crippen LogP contribution in [0.2, 0.25) is 0 Å². The third-order valence-electron chi connectivity index (χ3n) is 6.15. The first-order chi connectivity index (χ1) is 16.8. The maximum Gasteiger partial charge on any atom is 0.219 e. The second-order valence-corrected chi connectivity index (χ2v) is 8.26. The van der Waals surface area contributed by atoms with Gasteiger partial charge in [-0.1, -0.05) is 55.5 Å². The van der Waals surface area contributed by atoms with Gasteiger partial charge in [-0.2, -0.15) is 0 Å². The third-order valence-corrected chi connectivity index (χ3v) is 6.15. The van der Waals surface area contributed by atoms with Crippen molar-refractivity contribution in [1.29, 1.82) is 0 Å². The topological polar surface area (TPSA) is 39.9 Å². The van der Waals surface area contributed by atoms with Gasteiger partial charge in [-0.3, -0.25) is 4.57 Å². The monoisotopic (exact) mass is 441 g/mol. The summed E-state index contributed by atoms with van der Waals surface area (Å²) >= 11 is 0. The Balaban J connectivity index is 1.51. The van der Waals surface area contributed by atoms with Gasteiger partial charge >= 0.3 is 0 Å². The number of benzene rings is 3. The van der Waals surface area contributed by atoms with Crippen molar-refractivity contribution in [3.8, 4) is 28.6 Å². The van der Waals surface area contributed by atoms with Crippen molar-refractivity contribution in [2.24, 2.45) is 0 Å². The normalized spacial score (nSPS) is 11.2. The smallest absolute Gasteiger partial charge is 0.219 e. The van der Waals surface area contributed by atoms with Gasteiger partial charge in [-0.15, -0.1) is 0 Å². The van der Waals surface area contributed by atoms with E-state index in [1.807, 2.05) is 36.5 Å². The van der Waals surface area contributed by atoms with E-state index < -0.39 is 0 Å². The van der Waals surface area contributed by atoms with Gasteiger partial charge in [0.25, 0.3) is 0 Å². The number of ether oxygens (including phenoxy) is 1. The van der Waals surface area contributed by atoms with E-state index in [9.17, 15) is 0 Å². The summed E-state index contributed by atoms with van der Waals surface area (Å²) in [4.78, 5) is 9.00. The first-order valence-corrected chi connectivity index (χ1v) is 11.5. The number of aromatic nitrogens is 3. The first-order valence-electron chi connectivity index (χ1n) is 11.5. The van der Waals surface area contributed by atoms with Crippen LogP contribution in [-0.2, 0) is 6.42 Å². The molecule has 3 aromatic heterocycles. The zero-order valence-corrected chi connectivity index (χ0v) is 18.8. The van der Waals surface area contributed by atoms with E-state index in [0.717, 1.165) is 40.1 Å². The molecule has 6 aromatic rings. The Bertz CT molecular complexity index is 1620. The standard InChI is InChI=1S/C30H23N3O/c1-2-21-15-17-31-29(18-21)33-27-11-4-3-10-25(27)26-14-13-23(20-28(26)33)22-8-7-9-24(19-22)34-30-12-5-6-16-32-30/h3-20H,2H2,1H3. The minimum absolute atomic E-state index is 0.581. The molecular formula is C30H23N3O. The highest BCUT2D eigenvalue weighted by Gasteiger charge is 2.14. The predicted octanol–water partition coefficient (Wildman–Crippen LogP) is 7.60. The summed E-state index contributed by atoms with van der Waals surface area (Å²) in [5.74, 6) is 2.28. The number of hydrogen-bond donors (Lipinski definition) is 0. The molecule has 3 aromatic carbocycles. The summed E-state index contributed by atoms with van der Waals surface area (Å²) in [5, 5.41) is 2.43. The highest BCUT2D eigenvalue weighted by atomic mass is 16.5. The second kappa shape index (κ2) is 8.49. The minimum Gasteiger partial charge on any atom is -0.439 e. The number of hydrogen-bond acceptors (Lipinski definition) is 3. The molecule has 0 spiro atoms. The molecule has 4 heteroatoms. The molecule has 0 bridgehead atoms. The van der Waals surface area contributed by atoms with E-state index in [-0.39, 0.29) is 0 Å². The summed E-state index contributed by atoms with van der Waals surface area (Å²) in [6.07, 6.45) is 4.60. The molecule has 164 valence electrons. The SMILES string of the molecule is CCc1ccnc(-n2c3ccccc3c3ccc(-c4cccc(Oc5ccccn5)c4)cc32)c1. The Kier molecular flexibility index (Phi) is 5.04. The Morgan fingerprint density at radius 2 is 1.53 bits per heavy atom. The molecule has 0 radical (unpaired) electrons. The van der Waals surface area contributed by atoms with Crippen LogP contribution in [-0.4, -0.2) is 14.5 Å². The quantitative estimate of drug-likeness (QED) is 0.277. The Morgan fingerprint density at radius 1 is 0.676 bits per heavy atom. The zero-order valence-electron chi connectivity index (χ0n) is 18.8. The Morgan fingerprint density at radius 3 is 2.41 bits per heavy atom. The highest BCUT2D eigenvalue weighted by molar-refractivity contribution is 6.10. The molecule has 6 rings (SSSR count). The van der Waals surface area contributed by atoms with Gasteiger partial charge in [0, 0.05) is 29.2 Å². The van der Waals surface area contributed by atoms with Gasteiger partial charge in [-0.25, -0.2) is 9.97 Å². The first kappa shape index (κ1) is 20.2. The van der Waals surface area contributed by atoms with Gasteiger partial charge in [0.2, 0.25) is 5.88 Å². The van der Waals surface area contributed by atoms with Crippen molar-refractivity contribution in [2.75, 3.05) is 0 Å². The molecule has 0 N–H and O–H groups in total. The summed E-state index contributed by atoms with van der Waals surface area (Å²) in [7, 11) is 0. The van der Waals surface area contributed by atoms with E-state index >= 15 is 0 Å². The summed E-state index contributed by atoms with van der Waals surface area (Å²) < 4.78 is 8.23. The maximum absolute atomic E-state index is 5.97.